The average Bonchev–Trinajstić information content (AvgIpc) is 2.72. The van der Waals surface area contributed by atoms with E-state index in [0.29, 0.717) is 17.6 Å². The number of rotatable bonds is 4. The number of hydrogen-bond acceptors (Lipinski definition) is 4. The maximum Gasteiger partial charge on any atom is 0.335 e. The maximum absolute atomic E-state index is 13.6. The van der Waals surface area contributed by atoms with Crippen molar-refractivity contribution in [2.45, 2.75) is 56.4 Å². The molecule has 22 heavy (non-hydrogen) atoms. The van der Waals surface area contributed by atoms with Crippen molar-refractivity contribution in [1.29, 1.82) is 0 Å². The predicted molar refractivity (Wildman–Crippen MR) is 79.8 cm³/mol. The molecule has 0 aromatic heterocycles. The number of piperidine rings is 1. The summed E-state index contributed by atoms with van der Waals surface area (Å²) < 4.78 is 19.0. The number of fused-ring (bicyclic) bond motifs is 2. The summed E-state index contributed by atoms with van der Waals surface area (Å²) in [6.45, 7) is 0. The van der Waals surface area contributed by atoms with Crippen molar-refractivity contribution in [2.75, 3.05) is 7.05 Å². The first-order valence-corrected chi connectivity index (χ1v) is 7.88. The molecule has 2 aliphatic rings. The Kier molecular flexibility index (Phi) is 4.45. The van der Waals surface area contributed by atoms with E-state index in [4.69, 9.17) is 4.74 Å². The lowest BCUT2D eigenvalue weighted by Crippen LogP contribution is -2.44. The number of ether oxygens (including phenoxy) is 1. The zero-order chi connectivity index (χ0) is 15.7. The van der Waals surface area contributed by atoms with Gasteiger partial charge in [-0.05, 0) is 44.4 Å². The molecule has 2 heterocycles. The molecular formula is C17H22FNO3. The van der Waals surface area contributed by atoms with Crippen molar-refractivity contribution in [3.8, 4) is 0 Å². The Morgan fingerprint density at radius 2 is 2.00 bits per heavy atom. The molecule has 2 fully saturated rings. The molecule has 0 aliphatic carbocycles. The van der Waals surface area contributed by atoms with Gasteiger partial charge in [-0.25, -0.2) is 9.18 Å². The summed E-state index contributed by atoms with van der Waals surface area (Å²) in [7, 11) is 2.12. The Hall–Kier alpha value is -1.46. The lowest BCUT2D eigenvalue weighted by atomic mass is 10.0. The molecule has 0 radical (unpaired) electrons. The van der Waals surface area contributed by atoms with Crippen molar-refractivity contribution in [3.63, 3.8) is 0 Å². The van der Waals surface area contributed by atoms with E-state index in [2.05, 4.69) is 11.9 Å². The highest BCUT2D eigenvalue weighted by Crippen LogP contribution is 2.35. The Morgan fingerprint density at radius 3 is 2.64 bits per heavy atom. The first-order valence-electron chi connectivity index (χ1n) is 7.88. The van der Waals surface area contributed by atoms with Crippen molar-refractivity contribution in [3.05, 3.63) is 35.6 Å². The number of carbonyl (C=O) groups excluding carboxylic acids is 1. The van der Waals surface area contributed by atoms with E-state index in [9.17, 15) is 14.3 Å². The first-order chi connectivity index (χ1) is 10.5. The smallest absolute Gasteiger partial charge is 0.335 e. The minimum atomic E-state index is -1.31. The van der Waals surface area contributed by atoms with Crippen LogP contribution in [0.3, 0.4) is 0 Å². The highest BCUT2D eigenvalue weighted by molar-refractivity contribution is 5.75. The van der Waals surface area contributed by atoms with E-state index < -0.39 is 17.9 Å². The van der Waals surface area contributed by atoms with Crippen LogP contribution in [0.25, 0.3) is 0 Å². The number of carbonyl (C=O) groups is 1. The zero-order valence-corrected chi connectivity index (χ0v) is 12.7. The van der Waals surface area contributed by atoms with Gasteiger partial charge in [0.2, 0.25) is 0 Å². The second-order valence-electron chi connectivity index (χ2n) is 6.39. The summed E-state index contributed by atoms with van der Waals surface area (Å²) >= 11 is 0. The fourth-order valence-electron chi connectivity index (χ4n) is 3.66. The number of esters is 1. The molecule has 1 aromatic carbocycles. The van der Waals surface area contributed by atoms with E-state index in [1.807, 2.05) is 0 Å². The predicted octanol–water partition coefficient (Wildman–Crippen LogP) is 1.90. The molecule has 4 atom stereocenters. The van der Waals surface area contributed by atoms with Gasteiger partial charge >= 0.3 is 5.97 Å². The van der Waals surface area contributed by atoms with Crippen LogP contribution in [0.1, 0.15) is 31.2 Å². The number of aliphatic hydroxyl groups excluding tert-OH is 1. The lowest BCUT2D eigenvalue weighted by molar-refractivity contribution is -0.162. The summed E-state index contributed by atoms with van der Waals surface area (Å²) in [6, 6.07) is 7.10. The number of nitrogens with zero attached hydrogens (tertiary/aromatic N) is 1. The van der Waals surface area contributed by atoms with E-state index in [-0.39, 0.29) is 12.5 Å². The van der Waals surface area contributed by atoms with Crippen LogP contribution in [0.4, 0.5) is 4.39 Å². The van der Waals surface area contributed by atoms with Gasteiger partial charge in [0.05, 0.1) is 0 Å². The summed E-state index contributed by atoms with van der Waals surface area (Å²) in [4.78, 5) is 14.4. The number of halogens is 1. The van der Waals surface area contributed by atoms with Gasteiger partial charge in [0.25, 0.3) is 0 Å². The fourth-order valence-corrected chi connectivity index (χ4v) is 3.66. The normalized spacial score (nSPS) is 29.3. The molecule has 1 aromatic rings. The maximum atomic E-state index is 13.6. The molecular weight excluding hydrogens is 285 g/mol. The van der Waals surface area contributed by atoms with Gasteiger partial charge in [-0.3, -0.25) is 0 Å². The number of benzene rings is 1. The van der Waals surface area contributed by atoms with Crippen molar-refractivity contribution < 1.29 is 19.0 Å². The lowest BCUT2D eigenvalue weighted by Gasteiger charge is -2.36. The Morgan fingerprint density at radius 1 is 1.36 bits per heavy atom. The van der Waals surface area contributed by atoms with Crippen LogP contribution in [-0.2, 0) is 16.0 Å². The highest BCUT2D eigenvalue weighted by Gasteiger charge is 2.40. The molecule has 5 heteroatoms. The molecule has 0 saturated carbocycles. The third-order valence-corrected chi connectivity index (χ3v) is 4.98. The van der Waals surface area contributed by atoms with Crippen molar-refractivity contribution in [2.24, 2.45) is 0 Å². The minimum Gasteiger partial charge on any atom is -0.460 e. The second kappa shape index (κ2) is 6.34. The standard InChI is InChI=1S/C17H22FNO3/c1-19-12-6-7-13(19)10-14(9-12)22-17(21)16(20)8-11-4-2-3-5-15(11)18/h2-5,12-14,16,20H,6-10H2,1H3/t12-,13+,14?,16-/m1/s1. The van der Waals surface area contributed by atoms with E-state index in [0.717, 1.165) is 25.7 Å². The summed E-state index contributed by atoms with van der Waals surface area (Å²) in [5.41, 5.74) is 0.329. The third-order valence-electron chi connectivity index (χ3n) is 4.98. The molecule has 1 unspecified atom stereocenters. The van der Waals surface area contributed by atoms with Crippen LogP contribution in [0.2, 0.25) is 0 Å². The Balaban J connectivity index is 1.55. The highest BCUT2D eigenvalue weighted by atomic mass is 19.1. The molecule has 2 aliphatic heterocycles. The quantitative estimate of drug-likeness (QED) is 0.863. The molecule has 0 amide bonds. The van der Waals surface area contributed by atoms with Crippen LogP contribution in [-0.4, -0.2) is 47.3 Å². The largest absolute Gasteiger partial charge is 0.460 e. The molecule has 2 bridgehead atoms. The molecule has 1 N–H and O–H groups in total. The van der Waals surface area contributed by atoms with Crippen LogP contribution in [0.5, 0.6) is 0 Å². The molecule has 4 nitrogen and oxygen atoms in total. The molecule has 0 spiro atoms. The second-order valence-corrected chi connectivity index (χ2v) is 6.39. The van der Waals surface area contributed by atoms with Crippen LogP contribution >= 0.6 is 0 Å². The Bertz CT molecular complexity index is 536. The van der Waals surface area contributed by atoms with Gasteiger partial charge in [-0.2, -0.15) is 0 Å². The van der Waals surface area contributed by atoms with Gasteiger partial charge in [-0.15, -0.1) is 0 Å². The van der Waals surface area contributed by atoms with E-state index >= 15 is 0 Å². The first kappa shape index (κ1) is 15.4. The number of aliphatic hydroxyl groups is 1. The zero-order valence-electron chi connectivity index (χ0n) is 12.7. The number of hydrogen-bond donors (Lipinski definition) is 1. The molecule has 2 saturated heterocycles. The van der Waals surface area contributed by atoms with Gasteiger partial charge in [0.1, 0.15) is 11.9 Å². The summed E-state index contributed by atoms with van der Waals surface area (Å²) in [6.07, 6.45) is 2.45. The van der Waals surface area contributed by atoms with Gasteiger partial charge in [0, 0.05) is 18.5 Å². The monoisotopic (exact) mass is 307 g/mol. The van der Waals surface area contributed by atoms with E-state index in [1.165, 1.54) is 6.07 Å². The minimum absolute atomic E-state index is 0.0506. The Labute approximate surface area is 129 Å². The SMILES string of the molecule is CN1[C@@H]2CC[C@H]1CC(OC(=O)[C@H](O)Cc1ccccc1F)C2. The summed E-state index contributed by atoms with van der Waals surface area (Å²) in [5.74, 6) is -1.05. The van der Waals surface area contributed by atoms with Crippen molar-refractivity contribution >= 4 is 5.97 Å². The van der Waals surface area contributed by atoms with Gasteiger partial charge in [0.15, 0.2) is 6.10 Å². The van der Waals surface area contributed by atoms with Crippen LogP contribution < -0.4 is 0 Å². The molecule has 120 valence electrons. The van der Waals surface area contributed by atoms with E-state index in [1.54, 1.807) is 18.2 Å². The third kappa shape index (κ3) is 3.15. The average molecular weight is 307 g/mol. The van der Waals surface area contributed by atoms with Gasteiger partial charge in [-0.1, -0.05) is 18.2 Å². The summed E-state index contributed by atoms with van der Waals surface area (Å²) in [5, 5.41) is 9.97. The van der Waals surface area contributed by atoms with Gasteiger partial charge < -0.3 is 14.7 Å². The molecule has 3 rings (SSSR count). The van der Waals surface area contributed by atoms with Crippen LogP contribution in [0.15, 0.2) is 24.3 Å². The fraction of sp³-hybridized carbons (Fsp3) is 0.588. The topological polar surface area (TPSA) is 49.8 Å². The van der Waals surface area contributed by atoms with Crippen molar-refractivity contribution in [1.82, 2.24) is 4.90 Å². The van der Waals surface area contributed by atoms with Crippen LogP contribution in [0, 0.1) is 5.82 Å².